The Hall–Kier alpha value is -4.05. The van der Waals surface area contributed by atoms with Crippen molar-refractivity contribution in [2.24, 2.45) is 0 Å². The number of nitrogens with zero attached hydrogens (tertiary/aromatic N) is 2. The predicted octanol–water partition coefficient (Wildman–Crippen LogP) is 5.51. The number of thiazole rings is 1. The first-order valence-electron chi connectivity index (χ1n) is 13.0. The lowest BCUT2D eigenvalue weighted by Gasteiger charge is -2.24. The zero-order valence-corrected chi connectivity index (χ0v) is 22.7. The molecule has 0 spiro atoms. The molecule has 204 valence electrons. The van der Waals surface area contributed by atoms with Crippen LogP contribution < -0.4 is 23.8 Å². The molecule has 1 unspecified atom stereocenters. The van der Waals surface area contributed by atoms with Crippen LogP contribution in [0.1, 0.15) is 50.3 Å². The number of unbranched alkanes of at least 4 members (excludes halogenated alkanes) is 2. The highest BCUT2D eigenvalue weighted by Gasteiger charge is 2.48. The van der Waals surface area contributed by atoms with E-state index in [0.29, 0.717) is 65.7 Å². The molecule has 1 saturated heterocycles. The second-order valence-electron chi connectivity index (χ2n) is 9.04. The number of aromatic nitrogens is 1. The number of hydrogen-bond donors (Lipinski definition) is 1. The average Bonchev–Trinajstić information content (AvgIpc) is 3.57. The van der Waals surface area contributed by atoms with Gasteiger partial charge >= 0.3 is 5.91 Å². The van der Waals surface area contributed by atoms with Gasteiger partial charge in [0.05, 0.1) is 24.8 Å². The number of aliphatic hydroxyl groups is 1. The van der Waals surface area contributed by atoms with E-state index in [0.717, 1.165) is 19.3 Å². The number of hydrogen-bond acceptors (Lipinski definition) is 9. The largest absolute Gasteiger partial charge is 0.507 e. The van der Waals surface area contributed by atoms with Crippen LogP contribution in [0.15, 0.2) is 53.5 Å². The smallest absolute Gasteiger partial charge is 0.301 e. The summed E-state index contributed by atoms with van der Waals surface area (Å²) < 4.78 is 23.1. The molecule has 0 saturated carbocycles. The maximum absolute atomic E-state index is 13.4. The SMILES string of the molecule is CCCCCOc1ccc(C2C(=C(O)c3ccc4c(c3)OCCO4)C(=O)C(=O)N2c2nccs2)cc1OCC. The van der Waals surface area contributed by atoms with Crippen LogP contribution in [0, 0.1) is 0 Å². The molecule has 5 rings (SSSR count). The fourth-order valence-corrected chi connectivity index (χ4v) is 5.31. The minimum atomic E-state index is -0.933. The van der Waals surface area contributed by atoms with Crippen molar-refractivity contribution in [2.45, 2.75) is 39.2 Å². The lowest BCUT2D eigenvalue weighted by atomic mass is 9.95. The number of anilines is 1. The molecule has 1 amide bonds. The van der Waals surface area contributed by atoms with Gasteiger partial charge in [-0.1, -0.05) is 25.8 Å². The summed E-state index contributed by atoms with van der Waals surface area (Å²) in [6.07, 6.45) is 4.63. The third-order valence-electron chi connectivity index (χ3n) is 6.47. The van der Waals surface area contributed by atoms with E-state index in [1.54, 1.807) is 48.0 Å². The molecule has 3 aromatic rings. The fourth-order valence-electron chi connectivity index (χ4n) is 4.64. The standard InChI is InChI=1S/C29H30N2O7S/c1-3-5-6-12-36-20-9-7-18(16-22(20)35-4-2)25-24(27(33)28(34)31(25)29-30-11-15-39-29)26(32)19-8-10-21-23(17-19)38-14-13-37-21/h7-11,15-17,25,32H,3-6,12-14H2,1-2H3. The molecular weight excluding hydrogens is 520 g/mol. The van der Waals surface area contributed by atoms with Gasteiger partial charge in [0.15, 0.2) is 28.1 Å². The lowest BCUT2D eigenvalue weighted by Crippen LogP contribution is -2.29. The molecule has 1 atom stereocenters. The van der Waals surface area contributed by atoms with Crippen LogP contribution in [0.5, 0.6) is 23.0 Å². The van der Waals surface area contributed by atoms with Crippen molar-refractivity contribution in [3.8, 4) is 23.0 Å². The van der Waals surface area contributed by atoms with Crippen molar-refractivity contribution in [1.82, 2.24) is 4.98 Å². The number of amides is 1. The van der Waals surface area contributed by atoms with Crippen LogP contribution in [0.25, 0.3) is 5.76 Å². The van der Waals surface area contributed by atoms with E-state index >= 15 is 0 Å². The maximum atomic E-state index is 13.4. The highest BCUT2D eigenvalue weighted by molar-refractivity contribution is 7.14. The van der Waals surface area contributed by atoms with Crippen LogP contribution in [0.4, 0.5) is 5.13 Å². The van der Waals surface area contributed by atoms with Crippen LogP contribution in [-0.4, -0.2) is 48.2 Å². The Bertz CT molecular complexity index is 1390. The van der Waals surface area contributed by atoms with Gasteiger partial charge in [0.2, 0.25) is 0 Å². The molecule has 9 nitrogen and oxygen atoms in total. The summed E-state index contributed by atoms with van der Waals surface area (Å²) in [6.45, 7) is 5.76. The van der Waals surface area contributed by atoms with Gasteiger partial charge < -0.3 is 24.1 Å². The van der Waals surface area contributed by atoms with Crippen molar-refractivity contribution >= 4 is 33.9 Å². The number of aliphatic hydroxyl groups excluding tert-OH is 1. The van der Waals surface area contributed by atoms with Crippen molar-refractivity contribution in [3.05, 3.63) is 64.7 Å². The first-order valence-corrected chi connectivity index (χ1v) is 13.9. The van der Waals surface area contributed by atoms with Crippen LogP contribution in [0.2, 0.25) is 0 Å². The highest BCUT2D eigenvalue weighted by Crippen LogP contribution is 2.45. The molecule has 1 aromatic heterocycles. The Balaban J connectivity index is 1.60. The van der Waals surface area contributed by atoms with Gasteiger partial charge in [-0.05, 0) is 49.2 Å². The Morgan fingerprint density at radius 2 is 1.87 bits per heavy atom. The Morgan fingerprint density at radius 3 is 2.62 bits per heavy atom. The number of carbonyl (C=O) groups is 2. The van der Waals surface area contributed by atoms with E-state index in [-0.39, 0.29) is 11.3 Å². The summed E-state index contributed by atoms with van der Waals surface area (Å²) >= 11 is 1.23. The Morgan fingerprint density at radius 1 is 1.05 bits per heavy atom. The van der Waals surface area contributed by atoms with Crippen LogP contribution in [-0.2, 0) is 9.59 Å². The third kappa shape index (κ3) is 5.29. The van der Waals surface area contributed by atoms with Crippen LogP contribution in [0.3, 0.4) is 0 Å². The normalized spacial score (nSPS) is 17.9. The predicted molar refractivity (Wildman–Crippen MR) is 147 cm³/mol. The molecule has 10 heteroatoms. The van der Waals surface area contributed by atoms with Crippen molar-refractivity contribution < 1.29 is 33.6 Å². The Labute approximate surface area is 230 Å². The number of rotatable bonds is 10. The summed E-state index contributed by atoms with van der Waals surface area (Å²) in [4.78, 5) is 32.4. The molecule has 1 fully saturated rings. The van der Waals surface area contributed by atoms with Gasteiger partial charge in [-0.25, -0.2) is 4.98 Å². The number of carbonyl (C=O) groups excluding carboxylic acids is 2. The van der Waals surface area contributed by atoms with E-state index in [9.17, 15) is 14.7 Å². The quantitative estimate of drug-likeness (QED) is 0.152. The van der Waals surface area contributed by atoms with Gasteiger partial charge in [0.1, 0.15) is 19.0 Å². The molecule has 39 heavy (non-hydrogen) atoms. The fraction of sp³-hybridized carbons (Fsp3) is 0.345. The second-order valence-corrected chi connectivity index (χ2v) is 9.91. The second kappa shape index (κ2) is 11.8. The Kier molecular flexibility index (Phi) is 8.02. The van der Waals surface area contributed by atoms with E-state index < -0.39 is 17.7 Å². The van der Waals surface area contributed by atoms with E-state index in [4.69, 9.17) is 18.9 Å². The first kappa shape index (κ1) is 26.6. The molecule has 2 aromatic carbocycles. The summed E-state index contributed by atoms with van der Waals surface area (Å²) in [5.74, 6) is 0.192. The first-order chi connectivity index (χ1) is 19.0. The van der Waals surface area contributed by atoms with E-state index in [2.05, 4.69) is 11.9 Å². The summed E-state index contributed by atoms with van der Waals surface area (Å²) in [7, 11) is 0. The maximum Gasteiger partial charge on any atom is 0.301 e. The minimum Gasteiger partial charge on any atom is -0.507 e. The average molecular weight is 551 g/mol. The molecule has 2 aliphatic heterocycles. The molecule has 0 aliphatic carbocycles. The summed E-state index contributed by atoms with van der Waals surface area (Å²) in [5.41, 5.74) is 0.862. The van der Waals surface area contributed by atoms with Gasteiger partial charge in [-0.2, -0.15) is 0 Å². The number of fused-ring (bicyclic) bond motifs is 1. The van der Waals surface area contributed by atoms with Gasteiger partial charge in [-0.15, -0.1) is 11.3 Å². The minimum absolute atomic E-state index is 0.0501. The molecule has 0 radical (unpaired) electrons. The summed E-state index contributed by atoms with van der Waals surface area (Å²) in [6, 6.07) is 9.30. The topological polar surface area (TPSA) is 107 Å². The third-order valence-corrected chi connectivity index (χ3v) is 7.24. The molecular formula is C29H30N2O7S. The van der Waals surface area contributed by atoms with E-state index in [1.807, 2.05) is 6.92 Å². The van der Waals surface area contributed by atoms with Gasteiger partial charge in [0, 0.05) is 17.1 Å². The number of benzene rings is 2. The van der Waals surface area contributed by atoms with Gasteiger partial charge in [0.25, 0.3) is 5.78 Å². The number of Topliss-reactive ketones (excluding diaryl/α,β-unsaturated/α-hetero) is 1. The molecule has 3 heterocycles. The highest BCUT2D eigenvalue weighted by atomic mass is 32.1. The van der Waals surface area contributed by atoms with Crippen molar-refractivity contribution in [3.63, 3.8) is 0 Å². The van der Waals surface area contributed by atoms with Crippen LogP contribution >= 0.6 is 11.3 Å². The number of ether oxygens (including phenoxy) is 4. The molecule has 0 bridgehead atoms. The van der Waals surface area contributed by atoms with Gasteiger partial charge in [-0.3, -0.25) is 14.5 Å². The van der Waals surface area contributed by atoms with E-state index in [1.165, 1.54) is 16.2 Å². The summed E-state index contributed by atoms with van der Waals surface area (Å²) in [5, 5.41) is 13.5. The lowest BCUT2D eigenvalue weighted by molar-refractivity contribution is -0.132. The zero-order valence-electron chi connectivity index (χ0n) is 21.8. The number of ketones is 1. The van der Waals surface area contributed by atoms with Crippen molar-refractivity contribution in [1.29, 1.82) is 0 Å². The molecule has 2 aliphatic rings. The molecule has 1 N–H and O–H groups in total. The zero-order chi connectivity index (χ0) is 27.4. The monoisotopic (exact) mass is 550 g/mol. The van der Waals surface area contributed by atoms with Crippen molar-refractivity contribution in [2.75, 3.05) is 31.3 Å².